The number of nitrogens with zero attached hydrogens (tertiary/aromatic N) is 1. The summed E-state index contributed by atoms with van der Waals surface area (Å²) in [5.41, 5.74) is 7.11. The van der Waals surface area contributed by atoms with E-state index < -0.39 is 9.84 Å². The first-order valence-corrected chi connectivity index (χ1v) is 11.2. The molecule has 4 aromatic rings. The molecule has 0 fully saturated rings. The minimum atomic E-state index is -3.25. The van der Waals surface area contributed by atoms with E-state index in [1.165, 1.54) is 6.26 Å². The molecule has 0 aliphatic carbocycles. The first-order chi connectivity index (χ1) is 14.0. The van der Waals surface area contributed by atoms with Gasteiger partial charge in [0.25, 0.3) is 0 Å². The topological polar surface area (TPSA) is 62.3 Å². The molecular formula is C24H18N2O2S. The predicted octanol–water partition coefficient (Wildman–Crippen LogP) is 5.25. The minimum absolute atomic E-state index is 0.310. The van der Waals surface area contributed by atoms with Gasteiger partial charge in [-0.05, 0) is 29.8 Å². The summed E-state index contributed by atoms with van der Waals surface area (Å²) >= 11 is 0. The molecule has 0 unspecified atom stereocenters. The summed E-state index contributed by atoms with van der Waals surface area (Å²) in [6.07, 6.45) is 5.12. The Morgan fingerprint density at radius 2 is 1.62 bits per heavy atom. The highest BCUT2D eigenvalue weighted by Crippen LogP contribution is 2.41. The fourth-order valence-corrected chi connectivity index (χ4v) is 4.45. The van der Waals surface area contributed by atoms with E-state index in [2.05, 4.69) is 22.1 Å². The van der Waals surface area contributed by atoms with Crippen LogP contribution in [0.3, 0.4) is 0 Å². The largest absolute Gasteiger partial charge is 0.361 e. The molecule has 1 N–H and O–H groups in total. The summed E-state index contributed by atoms with van der Waals surface area (Å²) in [5, 5.41) is 1.11. The number of aromatic amines is 1. The van der Waals surface area contributed by atoms with Gasteiger partial charge in [-0.1, -0.05) is 48.5 Å². The first-order valence-electron chi connectivity index (χ1n) is 9.27. The number of aromatic nitrogens is 1. The lowest BCUT2D eigenvalue weighted by molar-refractivity contribution is 0.602. The molecular weight excluding hydrogens is 380 g/mol. The van der Waals surface area contributed by atoms with Crippen molar-refractivity contribution >= 4 is 43.8 Å². The second kappa shape index (κ2) is 6.57. The SMILES string of the molecule is CS(=O)(=O)c1ccc(C(=C2C=Nc3ccccc32)c2c[nH]c3ccccc23)cc1. The van der Waals surface area contributed by atoms with Crippen LogP contribution in [0.5, 0.6) is 0 Å². The van der Waals surface area contributed by atoms with Crippen LogP contribution in [-0.4, -0.2) is 25.9 Å². The predicted molar refractivity (Wildman–Crippen MR) is 118 cm³/mol. The third kappa shape index (κ3) is 3.00. The van der Waals surface area contributed by atoms with Crippen LogP contribution in [0, 0.1) is 0 Å². The zero-order chi connectivity index (χ0) is 20.0. The number of H-pyrrole nitrogens is 1. The monoisotopic (exact) mass is 398 g/mol. The molecule has 0 amide bonds. The molecule has 2 heterocycles. The molecule has 0 radical (unpaired) electrons. The summed E-state index contributed by atoms with van der Waals surface area (Å²) in [6, 6.07) is 23.3. The van der Waals surface area contributed by atoms with Crippen LogP contribution in [0.2, 0.25) is 0 Å². The Morgan fingerprint density at radius 1 is 0.897 bits per heavy atom. The Balaban J connectivity index is 1.80. The number of aliphatic imine (C=N–C) groups is 1. The van der Waals surface area contributed by atoms with Gasteiger partial charge in [-0.15, -0.1) is 0 Å². The standard InChI is InChI=1S/C24H18N2O2S/c1-29(27,28)17-12-10-16(11-13-17)24(20-14-25-22-8-4-2-6-18(20)22)21-15-26-23-9-5-3-7-19(21)23/h2-15,25H,1H3. The van der Waals surface area contributed by atoms with Gasteiger partial charge in [0.1, 0.15) is 0 Å². The van der Waals surface area contributed by atoms with Crippen molar-refractivity contribution in [3.05, 3.63) is 95.7 Å². The average Bonchev–Trinajstić information content (AvgIpc) is 3.34. The number of hydrogen-bond donors (Lipinski definition) is 1. The number of hydrogen-bond acceptors (Lipinski definition) is 3. The molecule has 0 saturated carbocycles. The van der Waals surface area contributed by atoms with E-state index in [-0.39, 0.29) is 0 Å². The van der Waals surface area contributed by atoms with Crippen LogP contribution in [0.15, 0.2) is 88.9 Å². The van der Waals surface area contributed by atoms with E-state index in [9.17, 15) is 8.42 Å². The van der Waals surface area contributed by atoms with Crippen LogP contribution in [0.25, 0.3) is 22.0 Å². The van der Waals surface area contributed by atoms with Crippen molar-refractivity contribution in [2.24, 2.45) is 4.99 Å². The molecule has 142 valence electrons. The average molecular weight is 398 g/mol. The number of sulfone groups is 1. The second-order valence-corrected chi connectivity index (χ2v) is 9.12. The van der Waals surface area contributed by atoms with Crippen LogP contribution < -0.4 is 0 Å². The van der Waals surface area contributed by atoms with E-state index in [0.29, 0.717) is 4.90 Å². The van der Waals surface area contributed by atoms with E-state index in [1.54, 1.807) is 12.1 Å². The number of fused-ring (bicyclic) bond motifs is 2. The van der Waals surface area contributed by atoms with Gasteiger partial charge in [-0.25, -0.2) is 8.42 Å². The fourth-order valence-electron chi connectivity index (χ4n) is 3.82. The first kappa shape index (κ1) is 17.6. The molecule has 3 aromatic carbocycles. The molecule has 0 atom stereocenters. The number of rotatable bonds is 3. The molecule has 0 spiro atoms. The molecule has 1 aliphatic heterocycles. The maximum atomic E-state index is 11.9. The number of benzene rings is 3. The lowest BCUT2D eigenvalue weighted by atomic mass is 9.90. The maximum absolute atomic E-state index is 11.9. The third-order valence-corrected chi connectivity index (χ3v) is 6.35. The van der Waals surface area contributed by atoms with Gasteiger partial charge in [0.2, 0.25) is 0 Å². The van der Waals surface area contributed by atoms with Gasteiger partial charge < -0.3 is 4.98 Å². The normalized spacial score (nSPS) is 14.9. The smallest absolute Gasteiger partial charge is 0.175 e. The molecule has 0 bridgehead atoms. The van der Waals surface area contributed by atoms with E-state index in [1.807, 2.05) is 60.9 Å². The minimum Gasteiger partial charge on any atom is -0.361 e. The van der Waals surface area contributed by atoms with Crippen LogP contribution in [0.4, 0.5) is 5.69 Å². The molecule has 5 rings (SSSR count). The van der Waals surface area contributed by atoms with E-state index in [0.717, 1.165) is 44.4 Å². The molecule has 1 aromatic heterocycles. The van der Waals surface area contributed by atoms with E-state index in [4.69, 9.17) is 0 Å². The van der Waals surface area contributed by atoms with Gasteiger partial charge in [0, 0.05) is 51.8 Å². The van der Waals surface area contributed by atoms with Crippen molar-refractivity contribution < 1.29 is 8.42 Å². The molecule has 5 heteroatoms. The highest BCUT2D eigenvalue weighted by molar-refractivity contribution is 7.90. The summed E-state index contributed by atoms with van der Waals surface area (Å²) in [6.45, 7) is 0. The highest BCUT2D eigenvalue weighted by atomic mass is 32.2. The Hall–Kier alpha value is -3.44. The van der Waals surface area contributed by atoms with Crippen LogP contribution in [0.1, 0.15) is 16.7 Å². The van der Waals surface area contributed by atoms with Crippen molar-refractivity contribution in [1.29, 1.82) is 0 Å². The quantitative estimate of drug-likeness (QED) is 0.512. The van der Waals surface area contributed by atoms with Crippen molar-refractivity contribution in [3.8, 4) is 0 Å². The molecule has 29 heavy (non-hydrogen) atoms. The maximum Gasteiger partial charge on any atom is 0.175 e. The molecule has 4 nitrogen and oxygen atoms in total. The van der Waals surface area contributed by atoms with Gasteiger partial charge >= 0.3 is 0 Å². The second-order valence-electron chi connectivity index (χ2n) is 7.11. The lowest BCUT2D eigenvalue weighted by Crippen LogP contribution is -1.98. The van der Waals surface area contributed by atoms with Crippen molar-refractivity contribution in [2.45, 2.75) is 4.90 Å². The Kier molecular flexibility index (Phi) is 4.00. The van der Waals surface area contributed by atoms with Crippen LogP contribution in [-0.2, 0) is 9.84 Å². The number of allylic oxidation sites excluding steroid dienone is 1. The van der Waals surface area contributed by atoms with Gasteiger partial charge in [0.05, 0.1) is 10.6 Å². The van der Waals surface area contributed by atoms with Gasteiger partial charge in [-0.2, -0.15) is 0 Å². The van der Waals surface area contributed by atoms with E-state index >= 15 is 0 Å². The zero-order valence-electron chi connectivity index (χ0n) is 15.8. The van der Waals surface area contributed by atoms with Crippen molar-refractivity contribution in [1.82, 2.24) is 4.98 Å². The summed E-state index contributed by atoms with van der Waals surface area (Å²) in [5.74, 6) is 0. The summed E-state index contributed by atoms with van der Waals surface area (Å²) < 4.78 is 23.8. The van der Waals surface area contributed by atoms with Gasteiger partial charge in [-0.3, -0.25) is 4.99 Å². The summed E-state index contributed by atoms with van der Waals surface area (Å²) in [4.78, 5) is 8.24. The zero-order valence-corrected chi connectivity index (χ0v) is 16.6. The Labute approximate surface area is 169 Å². The Morgan fingerprint density at radius 3 is 2.41 bits per heavy atom. The van der Waals surface area contributed by atoms with Crippen molar-refractivity contribution in [2.75, 3.05) is 6.26 Å². The number of para-hydroxylation sites is 2. The van der Waals surface area contributed by atoms with Crippen LogP contribution >= 0.6 is 0 Å². The molecule has 0 saturated heterocycles. The highest BCUT2D eigenvalue weighted by Gasteiger charge is 2.21. The third-order valence-electron chi connectivity index (χ3n) is 5.23. The van der Waals surface area contributed by atoms with Crippen molar-refractivity contribution in [3.63, 3.8) is 0 Å². The molecule has 1 aliphatic rings. The van der Waals surface area contributed by atoms with Gasteiger partial charge in [0.15, 0.2) is 9.84 Å². The Bertz CT molecular complexity index is 1410. The number of nitrogens with one attached hydrogen (secondary N) is 1. The lowest BCUT2D eigenvalue weighted by Gasteiger charge is -2.12. The fraction of sp³-hybridized carbons (Fsp3) is 0.0417. The summed E-state index contributed by atoms with van der Waals surface area (Å²) in [7, 11) is -3.25.